The van der Waals surface area contributed by atoms with E-state index in [0.29, 0.717) is 0 Å². The first kappa shape index (κ1) is 18.4. The zero-order chi connectivity index (χ0) is 2.71. The molecule has 0 aliphatic heterocycles. The monoisotopic (exact) mass is 107 g/mol. The van der Waals surface area contributed by atoms with Crippen molar-refractivity contribution in [3.8, 4) is 0 Å². The second-order valence-electron chi connectivity index (χ2n) is 0.333. The Balaban J connectivity index is -0.0000000200. The Morgan fingerprint density at radius 1 is 1.60 bits per heavy atom. The van der Waals surface area contributed by atoms with Crippen molar-refractivity contribution in [2.75, 3.05) is 0 Å². The molecule has 0 saturated heterocycles. The minimum atomic E-state index is 0. The number of rotatable bonds is 0. The smallest absolute Gasteiger partial charge is 0.518 e. The van der Waals surface area contributed by atoms with Crippen LogP contribution in [0, 0.1) is 14.0 Å². The van der Waals surface area contributed by atoms with Crippen molar-refractivity contribution in [1.29, 1.82) is 0 Å². The Morgan fingerprint density at radius 2 is 1.60 bits per heavy atom. The van der Waals surface area contributed by atoms with Crippen LogP contribution in [0.3, 0.4) is 0 Å². The topological polar surface area (TPSA) is 0 Å². The van der Waals surface area contributed by atoms with E-state index in [9.17, 15) is 0 Å². The second-order valence-corrected chi connectivity index (χ2v) is 0.333. The van der Waals surface area contributed by atoms with Crippen LogP contribution < -0.4 is 0 Å². The summed E-state index contributed by atoms with van der Waals surface area (Å²) < 4.78 is 0. The fourth-order valence-corrected chi connectivity index (χ4v) is 0. The maximum atomic E-state index is 4.72. The third kappa shape index (κ3) is 222. The van der Waals surface area contributed by atoms with Crippen molar-refractivity contribution in [1.82, 2.24) is 0 Å². The number of allylic oxidation sites excluding steroid dienone is 1. The molecule has 0 bridgehead atoms. The summed E-state index contributed by atoms with van der Waals surface area (Å²) in [5.41, 5.74) is 0. The third-order valence-corrected chi connectivity index (χ3v) is 0. The quantitative estimate of drug-likeness (QED) is 0.411. The van der Waals surface area contributed by atoms with Gasteiger partial charge >= 0.3 is 18.6 Å². The summed E-state index contributed by atoms with van der Waals surface area (Å²) in [6.45, 7) is 6.50. The van der Waals surface area contributed by atoms with Crippen LogP contribution in [0.4, 0.5) is 0 Å². The van der Waals surface area contributed by atoms with Crippen LogP contribution in [0.25, 0.3) is 0 Å². The third-order valence-electron chi connectivity index (χ3n) is 0. The maximum absolute atomic E-state index is 4.72. The summed E-state index contributed by atoms with van der Waals surface area (Å²) in [5, 5.41) is 0. The molecule has 0 aromatic heterocycles. The van der Waals surface area contributed by atoms with E-state index in [0.717, 1.165) is 0 Å². The molecule has 0 aliphatic carbocycles. The Morgan fingerprint density at radius 3 is 1.60 bits per heavy atom. The van der Waals surface area contributed by atoms with Crippen LogP contribution in [-0.4, -0.2) is 0 Å². The van der Waals surface area contributed by atoms with Gasteiger partial charge in [0.1, 0.15) is 0 Å². The van der Waals surface area contributed by atoms with Gasteiger partial charge in [0.15, 0.2) is 0 Å². The van der Waals surface area contributed by atoms with Crippen LogP contribution in [0.1, 0.15) is 6.92 Å². The van der Waals surface area contributed by atoms with Crippen LogP contribution in [0.5, 0.6) is 0 Å². The molecule has 0 N–H and O–H groups in total. The van der Waals surface area contributed by atoms with Crippen molar-refractivity contribution in [3.05, 3.63) is 20.1 Å². The molecule has 5 heavy (non-hydrogen) atoms. The molecule has 1 heteroatoms. The number of hydrogen-bond acceptors (Lipinski definition) is 0. The molecule has 0 fully saturated rings. The molecule has 0 rings (SSSR count). The van der Waals surface area contributed by atoms with Gasteiger partial charge in [-0.3, -0.25) is 6.08 Å². The van der Waals surface area contributed by atoms with Gasteiger partial charge in [-0.15, -0.1) is 0 Å². The van der Waals surface area contributed by atoms with Gasteiger partial charge in [-0.2, -0.15) is 0 Å². The van der Waals surface area contributed by atoms with Gasteiger partial charge in [-0.25, -0.2) is 0 Å². The number of hydrogen-bond donors (Lipinski definition) is 0. The SMILES string of the molecule is [CH-]=CC.[CH3-].[V+2]. The Kier molecular flexibility index (Phi) is 100. The zero-order valence-electron chi connectivity index (χ0n) is 3.60. The first-order chi connectivity index (χ1) is 1.41. The molecule has 0 unspecified atom stereocenters. The summed E-state index contributed by atoms with van der Waals surface area (Å²) in [6, 6.07) is 0. The first-order valence-electron chi connectivity index (χ1n) is 0.911. The van der Waals surface area contributed by atoms with Crippen molar-refractivity contribution in [3.63, 3.8) is 0 Å². The maximum Gasteiger partial charge on any atom is 2.00 e. The van der Waals surface area contributed by atoms with Crippen LogP contribution >= 0.6 is 0 Å². The molecule has 0 amide bonds. The predicted molar refractivity (Wildman–Crippen MR) is 21.0 cm³/mol. The zero-order valence-corrected chi connectivity index (χ0v) is 5.00. The van der Waals surface area contributed by atoms with Crippen molar-refractivity contribution in [2.45, 2.75) is 6.92 Å². The minimum absolute atomic E-state index is 0. The van der Waals surface area contributed by atoms with Crippen molar-refractivity contribution < 1.29 is 18.6 Å². The molecular formula is C4H8V. The molecule has 0 nitrogen and oxygen atoms in total. The summed E-state index contributed by atoms with van der Waals surface area (Å²) in [7, 11) is 0. The fraction of sp³-hybridized carbons (Fsp3) is 0.250. The summed E-state index contributed by atoms with van der Waals surface area (Å²) in [4.78, 5) is 0. The van der Waals surface area contributed by atoms with Gasteiger partial charge in [-0.1, -0.05) is 6.92 Å². The van der Waals surface area contributed by atoms with Gasteiger partial charge in [0, 0.05) is 0 Å². The van der Waals surface area contributed by atoms with Crippen LogP contribution in [0.2, 0.25) is 0 Å². The molecule has 0 spiro atoms. The average Bonchev–Trinajstić information content (AvgIpc) is 0.918. The normalized spacial score (nSPS) is 2.60. The van der Waals surface area contributed by atoms with Gasteiger partial charge in [0.05, 0.1) is 0 Å². The Hall–Kier alpha value is 0.324. The molecule has 1 radical (unpaired) electrons. The van der Waals surface area contributed by atoms with E-state index in [2.05, 4.69) is 0 Å². The molecule has 0 aromatic rings. The van der Waals surface area contributed by atoms with E-state index in [4.69, 9.17) is 6.58 Å². The summed E-state index contributed by atoms with van der Waals surface area (Å²) in [6.07, 6.45) is 1.50. The van der Waals surface area contributed by atoms with E-state index in [-0.39, 0.29) is 26.0 Å². The van der Waals surface area contributed by atoms with Gasteiger partial charge < -0.3 is 14.0 Å². The predicted octanol–water partition coefficient (Wildman–Crippen LogP) is 1.44. The Bertz CT molecular complexity index is 11.1. The second kappa shape index (κ2) is 27.2. The minimum Gasteiger partial charge on any atom is -0.518 e. The van der Waals surface area contributed by atoms with Crippen molar-refractivity contribution >= 4 is 0 Å². The standard InChI is InChI=1S/C3H5.CH3.V/c1-3-2;;/h1,3H,2H3;1H3;/q2*-1;+2. The van der Waals surface area contributed by atoms with Gasteiger partial charge in [0.2, 0.25) is 0 Å². The van der Waals surface area contributed by atoms with Crippen molar-refractivity contribution in [2.24, 2.45) is 0 Å². The summed E-state index contributed by atoms with van der Waals surface area (Å²) in [5.74, 6) is 0. The van der Waals surface area contributed by atoms with Crippen LogP contribution in [-0.2, 0) is 18.6 Å². The van der Waals surface area contributed by atoms with Gasteiger partial charge in [0.25, 0.3) is 0 Å². The van der Waals surface area contributed by atoms with E-state index in [1.54, 1.807) is 6.92 Å². The molecule has 29 valence electrons. The summed E-state index contributed by atoms with van der Waals surface area (Å²) >= 11 is 0. The van der Waals surface area contributed by atoms with Crippen LogP contribution in [0.15, 0.2) is 6.08 Å². The molecule has 0 heterocycles. The molecule has 0 atom stereocenters. The van der Waals surface area contributed by atoms with E-state index >= 15 is 0 Å². The molecule has 0 aromatic carbocycles. The average molecular weight is 107 g/mol. The Labute approximate surface area is 46.2 Å². The van der Waals surface area contributed by atoms with Gasteiger partial charge in [-0.05, 0) is 0 Å². The van der Waals surface area contributed by atoms with E-state index < -0.39 is 0 Å². The molecule has 0 aliphatic rings. The molecular weight excluding hydrogens is 99.0 g/mol. The van der Waals surface area contributed by atoms with E-state index in [1.807, 2.05) is 0 Å². The first-order valence-corrected chi connectivity index (χ1v) is 0.911. The fourth-order valence-electron chi connectivity index (χ4n) is 0. The largest absolute Gasteiger partial charge is 2.00 e. The molecule has 0 saturated carbocycles. The van der Waals surface area contributed by atoms with E-state index in [1.165, 1.54) is 6.08 Å².